The van der Waals surface area contributed by atoms with Crippen LogP contribution in [0.4, 0.5) is 0 Å². The Morgan fingerprint density at radius 1 is 0.234 bits per heavy atom. The monoisotopic (exact) mass is 990 g/mol. The first-order valence-electron chi connectivity index (χ1n) is 27.0. The van der Waals surface area contributed by atoms with E-state index in [1.807, 2.05) is 0 Å². The highest BCUT2D eigenvalue weighted by atomic mass is 16.7. The van der Waals surface area contributed by atoms with E-state index in [1.165, 1.54) is 130 Å². The molecule has 370 valence electrons. The summed E-state index contributed by atoms with van der Waals surface area (Å²) in [6.45, 7) is 12.6. The summed E-state index contributed by atoms with van der Waals surface area (Å²) in [5, 5.41) is 23.3. The molecule has 3 heteroatoms. The van der Waals surface area contributed by atoms with E-state index in [4.69, 9.17) is 9.31 Å². The van der Waals surface area contributed by atoms with Gasteiger partial charge in [0.25, 0.3) is 0 Å². The molecule has 1 aliphatic heterocycles. The fourth-order valence-electron chi connectivity index (χ4n) is 11.9. The summed E-state index contributed by atoms with van der Waals surface area (Å²) in [5.74, 6) is 0. The van der Waals surface area contributed by atoms with Gasteiger partial charge in [0.1, 0.15) is 0 Å². The first kappa shape index (κ1) is 48.1. The second-order valence-electron chi connectivity index (χ2n) is 21.9. The highest BCUT2D eigenvalue weighted by Crippen LogP contribution is 2.42. The van der Waals surface area contributed by atoms with Crippen LogP contribution in [0.25, 0.3) is 119 Å². The minimum Gasteiger partial charge on any atom is -0.399 e. The molecule has 14 aromatic carbocycles. The quantitative estimate of drug-likeness (QED) is 0.130. The molecule has 0 bridgehead atoms. The number of rotatable bonds is 3. The van der Waals surface area contributed by atoms with Crippen LogP contribution >= 0.6 is 0 Å². The van der Waals surface area contributed by atoms with Crippen LogP contribution in [-0.4, -0.2) is 18.3 Å². The zero-order valence-corrected chi connectivity index (χ0v) is 44.6. The van der Waals surface area contributed by atoms with E-state index in [2.05, 4.69) is 290 Å². The predicted octanol–water partition coefficient (Wildman–Crippen LogP) is 19.7. The first-order chi connectivity index (χ1) is 37.5. The van der Waals surface area contributed by atoms with Gasteiger partial charge in [0.2, 0.25) is 0 Å². The van der Waals surface area contributed by atoms with Gasteiger partial charge in [0.05, 0.1) is 11.2 Å². The Morgan fingerprint density at radius 2 is 0.494 bits per heavy atom. The molecule has 14 aromatic rings. The van der Waals surface area contributed by atoms with Gasteiger partial charge < -0.3 is 9.31 Å². The van der Waals surface area contributed by atoms with Gasteiger partial charge >= 0.3 is 7.12 Å². The molecule has 2 nitrogen and oxygen atoms in total. The molecule has 15 rings (SSSR count). The van der Waals surface area contributed by atoms with Crippen molar-refractivity contribution in [3.63, 3.8) is 0 Å². The maximum Gasteiger partial charge on any atom is 0.494 e. The van der Waals surface area contributed by atoms with Crippen molar-refractivity contribution in [2.45, 2.75) is 52.7 Å². The lowest BCUT2D eigenvalue weighted by molar-refractivity contribution is 0.00578. The Labute approximate surface area is 451 Å². The number of hydrogen-bond acceptors (Lipinski definition) is 2. The van der Waals surface area contributed by atoms with E-state index in [0.29, 0.717) is 0 Å². The van der Waals surface area contributed by atoms with Crippen molar-refractivity contribution in [1.82, 2.24) is 0 Å². The van der Waals surface area contributed by atoms with Crippen LogP contribution in [0.15, 0.2) is 249 Å². The lowest BCUT2D eigenvalue weighted by atomic mass is 9.77. The second-order valence-corrected chi connectivity index (χ2v) is 21.9. The van der Waals surface area contributed by atoms with Gasteiger partial charge in [-0.3, -0.25) is 0 Å². The number of fused-ring (bicyclic) bond motifs is 18. The summed E-state index contributed by atoms with van der Waals surface area (Å²) < 4.78 is 12.6. The summed E-state index contributed by atoms with van der Waals surface area (Å²) in [6, 6.07) is 90.4. The van der Waals surface area contributed by atoms with Crippen molar-refractivity contribution in [2.75, 3.05) is 0 Å². The Morgan fingerprint density at radius 3 is 0.805 bits per heavy atom. The SMILES string of the molecule is CC1(C)OB(c2ccc3c4ccccc4c4ccccc4c3c2)OC1(C)C.Cc1cccc(C)c1.c1cc(-c2ccc3c4ccccc4c4ccccc4c3c2)cc(-c2ccc3c4ccccc4c4ccccc4c3c2)c1. The molecule has 0 saturated carbocycles. The van der Waals surface area contributed by atoms with Crippen molar-refractivity contribution < 1.29 is 9.31 Å². The normalized spacial score (nSPS) is 13.9. The van der Waals surface area contributed by atoms with Crippen molar-refractivity contribution in [3.8, 4) is 22.3 Å². The molecular weight excluding hydrogens is 932 g/mol. The van der Waals surface area contributed by atoms with Crippen molar-refractivity contribution >= 4 is 110 Å². The number of benzene rings is 14. The Bertz CT molecular complexity index is 4310. The lowest BCUT2D eigenvalue weighted by Gasteiger charge is -2.32. The number of hydrogen-bond donors (Lipinski definition) is 0. The van der Waals surface area contributed by atoms with Gasteiger partial charge in [0.15, 0.2) is 0 Å². The van der Waals surface area contributed by atoms with Gasteiger partial charge in [-0.1, -0.05) is 242 Å². The smallest absolute Gasteiger partial charge is 0.399 e. The average molecular weight is 991 g/mol. The summed E-state index contributed by atoms with van der Waals surface area (Å²) in [6.07, 6.45) is 0. The highest BCUT2D eigenvalue weighted by Gasteiger charge is 2.51. The third kappa shape index (κ3) is 8.57. The Balaban J connectivity index is 0.000000138. The highest BCUT2D eigenvalue weighted by molar-refractivity contribution is 6.62. The lowest BCUT2D eigenvalue weighted by Crippen LogP contribution is -2.41. The summed E-state index contributed by atoms with van der Waals surface area (Å²) in [4.78, 5) is 0. The fraction of sp³-hybridized carbons (Fsp3) is 0.108. The molecule has 0 unspecified atom stereocenters. The van der Waals surface area contributed by atoms with Crippen LogP contribution in [0.1, 0.15) is 38.8 Å². The second kappa shape index (κ2) is 19.2. The third-order valence-electron chi connectivity index (χ3n) is 16.5. The molecule has 0 spiro atoms. The fourth-order valence-corrected chi connectivity index (χ4v) is 11.9. The molecule has 1 saturated heterocycles. The van der Waals surface area contributed by atoms with Gasteiger partial charge in [-0.25, -0.2) is 0 Å². The van der Waals surface area contributed by atoms with Gasteiger partial charge in [-0.05, 0) is 184 Å². The number of aryl methyl sites for hydroxylation is 2. The van der Waals surface area contributed by atoms with Crippen LogP contribution in [0.3, 0.4) is 0 Å². The molecule has 0 N–H and O–H groups in total. The van der Waals surface area contributed by atoms with Gasteiger partial charge in [-0.2, -0.15) is 0 Å². The minimum atomic E-state index is -0.343. The molecule has 0 amide bonds. The standard InChI is InChI=1S/C42H26.C24H23BO2.C8H10/c1-3-16-35-31(12-1)33-14-5-7-18-37(33)41-25-29(20-22-39(35)41)27-10-9-11-28(24-27)30-21-23-40-36-17-4-2-13-32(36)34-15-6-8-19-38(34)42(40)26-30;1-23(2)24(3,4)27-25(26-23)16-13-14-21-19-11-6-5-9-17(19)18-10-7-8-12-20(18)22(21)15-16;1-7-4-3-5-8(2)6-7/h1-26H;5-15H,1-4H3;3-6H,1-2H3. The Kier molecular flexibility index (Phi) is 12.0. The van der Waals surface area contributed by atoms with Crippen molar-refractivity contribution in [2.24, 2.45) is 0 Å². The summed E-state index contributed by atoms with van der Waals surface area (Å²) in [5.41, 5.74) is 8.02. The zero-order valence-electron chi connectivity index (χ0n) is 44.6. The minimum absolute atomic E-state index is 0.335. The van der Waals surface area contributed by atoms with E-state index in [0.717, 1.165) is 5.46 Å². The van der Waals surface area contributed by atoms with E-state index < -0.39 is 0 Å². The molecule has 0 atom stereocenters. The predicted molar refractivity (Wildman–Crippen MR) is 333 cm³/mol. The third-order valence-corrected chi connectivity index (χ3v) is 16.5. The van der Waals surface area contributed by atoms with Crippen molar-refractivity contribution in [1.29, 1.82) is 0 Å². The van der Waals surface area contributed by atoms with Crippen LogP contribution < -0.4 is 5.46 Å². The van der Waals surface area contributed by atoms with Crippen LogP contribution in [0, 0.1) is 13.8 Å². The summed E-state index contributed by atoms with van der Waals surface area (Å²) >= 11 is 0. The van der Waals surface area contributed by atoms with Crippen LogP contribution in [-0.2, 0) is 9.31 Å². The topological polar surface area (TPSA) is 18.5 Å². The maximum absolute atomic E-state index is 6.28. The van der Waals surface area contributed by atoms with E-state index >= 15 is 0 Å². The van der Waals surface area contributed by atoms with E-state index in [9.17, 15) is 0 Å². The van der Waals surface area contributed by atoms with E-state index in [1.54, 1.807) is 0 Å². The molecule has 0 radical (unpaired) electrons. The maximum atomic E-state index is 6.28. The van der Waals surface area contributed by atoms with E-state index in [-0.39, 0.29) is 18.3 Å². The Hall–Kier alpha value is -8.60. The van der Waals surface area contributed by atoms with Crippen LogP contribution in [0.2, 0.25) is 0 Å². The molecular formula is C74H59BO2. The largest absolute Gasteiger partial charge is 0.494 e. The molecule has 0 aliphatic carbocycles. The zero-order chi connectivity index (χ0) is 52.4. The molecule has 0 aromatic heterocycles. The van der Waals surface area contributed by atoms with Crippen molar-refractivity contribution in [3.05, 3.63) is 260 Å². The van der Waals surface area contributed by atoms with Crippen LogP contribution in [0.5, 0.6) is 0 Å². The van der Waals surface area contributed by atoms with Gasteiger partial charge in [-0.15, -0.1) is 0 Å². The molecule has 1 heterocycles. The van der Waals surface area contributed by atoms with Gasteiger partial charge in [0, 0.05) is 0 Å². The molecule has 77 heavy (non-hydrogen) atoms. The average Bonchev–Trinajstić information content (AvgIpc) is 3.70. The first-order valence-corrected chi connectivity index (χ1v) is 27.0. The summed E-state index contributed by atoms with van der Waals surface area (Å²) in [7, 11) is -0.343. The molecule has 1 fully saturated rings. The molecule has 1 aliphatic rings.